The summed E-state index contributed by atoms with van der Waals surface area (Å²) in [6.45, 7) is 3.07. The molecule has 2 aliphatic carbocycles. The number of carbonyl (C=O) groups excluding carboxylic acids is 1. The van der Waals surface area contributed by atoms with Crippen molar-refractivity contribution in [3.05, 3.63) is 98.5 Å². The predicted octanol–water partition coefficient (Wildman–Crippen LogP) is 5.02. The van der Waals surface area contributed by atoms with Gasteiger partial charge >= 0.3 is 5.97 Å². The van der Waals surface area contributed by atoms with Crippen molar-refractivity contribution in [1.29, 1.82) is 0 Å². The van der Waals surface area contributed by atoms with Gasteiger partial charge in [0.2, 0.25) is 0 Å². The molecule has 1 aromatic heterocycles. The highest BCUT2D eigenvalue weighted by molar-refractivity contribution is 5.89. The Morgan fingerprint density at radius 2 is 1.69 bits per heavy atom. The van der Waals surface area contributed by atoms with E-state index in [1.165, 1.54) is 24.0 Å². The molecular formula is C29H32N2O4. The number of rotatable bonds is 10. The van der Waals surface area contributed by atoms with Crippen LogP contribution in [0.2, 0.25) is 0 Å². The van der Waals surface area contributed by atoms with Crippen molar-refractivity contribution in [2.75, 3.05) is 0 Å². The van der Waals surface area contributed by atoms with Gasteiger partial charge in [0.05, 0.1) is 11.3 Å². The van der Waals surface area contributed by atoms with E-state index < -0.39 is 5.97 Å². The highest BCUT2D eigenvalue weighted by Crippen LogP contribution is 2.45. The fraction of sp³-hybridized carbons (Fsp3) is 0.379. The molecule has 2 aromatic carbocycles. The number of aryl methyl sites for hydroxylation is 2. The molecule has 0 atom stereocenters. The highest BCUT2D eigenvalue weighted by Gasteiger charge is 2.33. The van der Waals surface area contributed by atoms with Crippen LogP contribution in [0.1, 0.15) is 82.7 Å². The van der Waals surface area contributed by atoms with Crippen molar-refractivity contribution < 1.29 is 14.4 Å². The van der Waals surface area contributed by atoms with Gasteiger partial charge < -0.3 is 14.1 Å². The Labute approximate surface area is 205 Å². The van der Waals surface area contributed by atoms with Crippen LogP contribution in [0, 0.1) is 0 Å². The molecule has 0 amide bonds. The van der Waals surface area contributed by atoms with Gasteiger partial charge in [-0.1, -0.05) is 31.2 Å². The Morgan fingerprint density at radius 1 is 0.971 bits per heavy atom. The molecule has 6 heteroatoms. The summed E-state index contributed by atoms with van der Waals surface area (Å²) in [5, 5.41) is 0. The third-order valence-electron chi connectivity index (χ3n) is 7.10. The van der Waals surface area contributed by atoms with E-state index in [1.807, 2.05) is 28.8 Å². The summed E-state index contributed by atoms with van der Waals surface area (Å²) in [6, 6.07) is 17.5. The number of benzene rings is 2. The van der Waals surface area contributed by atoms with E-state index in [1.54, 1.807) is 12.1 Å². The molecule has 0 spiro atoms. The zero-order chi connectivity index (χ0) is 24.4. The van der Waals surface area contributed by atoms with Gasteiger partial charge in [-0.15, -0.1) is 0 Å². The first-order valence-corrected chi connectivity index (χ1v) is 12.6. The molecule has 6 nitrogen and oxygen atoms in total. The molecule has 2 saturated carbocycles. The summed E-state index contributed by atoms with van der Waals surface area (Å²) in [4.78, 5) is 29.5. The summed E-state index contributed by atoms with van der Waals surface area (Å²) in [7, 11) is 0. The first kappa shape index (κ1) is 23.4. The Bertz CT molecular complexity index is 1270. The van der Waals surface area contributed by atoms with Gasteiger partial charge in [-0.25, -0.2) is 4.79 Å². The minimum Gasteiger partial charge on any atom is -0.487 e. The van der Waals surface area contributed by atoms with E-state index in [-0.39, 0.29) is 5.56 Å². The van der Waals surface area contributed by atoms with Crippen LogP contribution in [0.3, 0.4) is 0 Å². The lowest BCUT2D eigenvalue weighted by molar-refractivity contribution is 0.0503. The zero-order valence-corrected chi connectivity index (χ0v) is 20.2. The minimum atomic E-state index is -0.564. The normalized spacial score (nSPS) is 15.1. The maximum Gasteiger partial charge on any atom is 0.356 e. The number of hydrogen-bond donors (Lipinski definition) is 1. The molecule has 0 aliphatic heterocycles. The van der Waals surface area contributed by atoms with Gasteiger partial charge in [-0.3, -0.25) is 4.79 Å². The number of carbonyl (C=O) groups is 1. The Balaban J connectivity index is 1.44. The summed E-state index contributed by atoms with van der Waals surface area (Å²) in [6.07, 6.45) is 6.15. The van der Waals surface area contributed by atoms with Crippen molar-refractivity contribution in [1.82, 2.24) is 4.57 Å². The smallest absolute Gasteiger partial charge is 0.356 e. The minimum absolute atomic E-state index is 0.112. The Morgan fingerprint density at radius 3 is 2.34 bits per heavy atom. The molecule has 2 N–H and O–H groups in total. The van der Waals surface area contributed by atoms with Crippen LogP contribution >= 0.6 is 0 Å². The van der Waals surface area contributed by atoms with Crippen LogP contribution in [0.5, 0.6) is 5.75 Å². The van der Waals surface area contributed by atoms with E-state index >= 15 is 0 Å². The van der Waals surface area contributed by atoms with Gasteiger partial charge in [0.25, 0.3) is 5.56 Å². The number of pyridine rings is 1. The molecule has 0 unspecified atom stereocenters. The van der Waals surface area contributed by atoms with Crippen molar-refractivity contribution in [2.24, 2.45) is 5.90 Å². The van der Waals surface area contributed by atoms with Gasteiger partial charge in [0, 0.05) is 12.1 Å². The highest BCUT2D eigenvalue weighted by atomic mass is 16.7. The Hall–Kier alpha value is -3.38. The van der Waals surface area contributed by atoms with Gasteiger partial charge in [0.1, 0.15) is 12.4 Å². The number of hydrogen-bond acceptors (Lipinski definition) is 5. The molecule has 0 saturated heterocycles. The summed E-state index contributed by atoms with van der Waals surface area (Å²) >= 11 is 0. The number of ether oxygens (including phenoxy) is 1. The standard InChI is InChI=1S/C29H32N2O4/c1-2-19-4-3-5-24(16-19)34-18-27-25(21-10-11-21)17-26(22-12-13-22)28(32)31(27)15-14-20-6-8-23(9-7-20)29(33)35-30/h3-9,16-17,21-22H,2,10-15,18,30H2,1H3. The molecule has 35 heavy (non-hydrogen) atoms. The maximum absolute atomic E-state index is 13.6. The van der Waals surface area contributed by atoms with Crippen LogP contribution in [-0.2, 0) is 30.8 Å². The van der Waals surface area contributed by atoms with Gasteiger partial charge in [0.15, 0.2) is 0 Å². The van der Waals surface area contributed by atoms with E-state index in [4.69, 9.17) is 10.6 Å². The molecular weight excluding hydrogens is 440 g/mol. The SMILES string of the molecule is CCc1cccc(OCc2c(C3CC3)cc(C3CC3)c(=O)n2CCc2ccc(C(=O)ON)cc2)c1. The third kappa shape index (κ3) is 5.33. The molecule has 5 rings (SSSR count). The fourth-order valence-corrected chi connectivity index (χ4v) is 4.70. The number of aromatic nitrogens is 1. The van der Waals surface area contributed by atoms with Crippen molar-refractivity contribution in [3.63, 3.8) is 0 Å². The van der Waals surface area contributed by atoms with Gasteiger partial charge in [-0.05, 0) is 97.4 Å². The van der Waals surface area contributed by atoms with Crippen LogP contribution in [0.25, 0.3) is 0 Å². The number of nitrogens with two attached hydrogens (primary N) is 1. The van der Waals surface area contributed by atoms with Crippen LogP contribution < -0.4 is 16.2 Å². The lowest BCUT2D eigenvalue weighted by atomic mass is 10.0. The predicted molar refractivity (Wildman–Crippen MR) is 135 cm³/mol. The number of nitrogens with zero attached hydrogens (tertiary/aromatic N) is 1. The second-order valence-corrected chi connectivity index (χ2v) is 9.65. The average molecular weight is 473 g/mol. The Kier molecular flexibility index (Phi) is 6.73. The van der Waals surface area contributed by atoms with E-state index in [2.05, 4.69) is 30.0 Å². The lowest BCUT2D eigenvalue weighted by Gasteiger charge is -2.20. The fourth-order valence-electron chi connectivity index (χ4n) is 4.70. The molecule has 1 heterocycles. The zero-order valence-electron chi connectivity index (χ0n) is 20.2. The molecule has 0 radical (unpaired) electrons. The van der Waals surface area contributed by atoms with E-state index in [9.17, 15) is 9.59 Å². The van der Waals surface area contributed by atoms with Gasteiger partial charge in [-0.2, -0.15) is 5.90 Å². The van der Waals surface area contributed by atoms with Crippen LogP contribution in [-0.4, -0.2) is 10.5 Å². The summed E-state index contributed by atoms with van der Waals surface area (Å²) in [5.41, 5.74) is 6.02. The summed E-state index contributed by atoms with van der Waals surface area (Å²) < 4.78 is 8.20. The first-order valence-electron chi connectivity index (χ1n) is 12.6. The quantitative estimate of drug-likeness (QED) is 0.419. The second-order valence-electron chi connectivity index (χ2n) is 9.65. The second kappa shape index (κ2) is 10.1. The topological polar surface area (TPSA) is 83.5 Å². The van der Waals surface area contributed by atoms with Crippen molar-refractivity contribution >= 4 is 5.97 Å². The molecule has 2 aliphatic rings. The maximum atomic E-state index is 13.6. The van der Waals surface area contributed by atoms with Crippen LogP contribution in [0.15, 0.2) is 59.4 Å². The third-order valence-corrected chi connectivity index (χ3v) is 7.10. The summed E-state index contributed by atoms with van der Waals surface area (Å²) in [5.74, 6) is 6.16. The van der Waals surface area contributed by atoms with Crippen LogP contribution in [0.4, 0.5) is 0 Å². The monoisotopic (exact) mass is 472 g/mol. The molecule has 0 bridgehead atoms. The first-order chi connectivity index (χ1) is 17.1. The lowest BCUT2D eigenvalue weighted by Crippen LogP contribution is -2.29. The largest absolute Gasteiger partial charge is 0.487 e. The van der Waals surface area contributed by atoms with Crippen molar-refractivity contribution in [2.45, 2.75) is 70.4 Å². The van der Waals surface area contributed by atoms with E-state index in [0.717, 1.165) is 41.8 Å². The molecule has 2 fully saturated rings. The van der Waals surface area contributed by atoms with E-state index in [0.29, 0.717) is 37.0 Å². The molecule has 182 valence electrons. The van der Waals surface area contributed by atoms with Crippen molar-refractivity contribution in [3.8, 4) is 5.75 Å². The molecule has 3 aromatic rings. The average Bonchev–Trinajstić information content (AvgIpc) is 3.81.